The van der Waals surface area contributed by atoms with Gasteiger partial charge in [0, 0.05) is 35.0 Å². The number of methoxy groups -OCH3 is 1. The molecule has 2 heterocycles. The second kappa shape index (κ2) is 9.79. The second-order valence-corrected chi connectivity index (χ2v) is 9.24. The fourth-order valence-electron chi connectivity index (χ4n) is 3.94. The van der Waals surface area contributed by atoms with Crippen molar-refractivity contribution in [2.45, 2.75) is 11.8 Å². The Morgan fingerprint density at radius 2 is 1.67 bits per heavy atom. The molecule has 3 aromatic carbocycles. The van der Waals surface area contributed by atoms with E-state index in [9.17, 15) is 13.0 Å². The zero-order chi connectivity index (χ0) is 25.2. The molecule has 0 aliphatic carbocycles. The summed E-state index contributed by atoms with van der Waals surface area (Å²) in [4.78, 5) is 13.3. The van der Waals surface area contributed by atoms with Crippen molar-refractivity contribution in [3.8, 4) is 28.1 Å². The normalized spacial score (nSPS) is 11.9. The van der Waals surface area contributed by atoms with Crippen LogP contribution in [0.1, 0.15) is 5.69 Å². The van der Waals surface area contributed by atoms with E-state index >= 15 is 0 Å². The maximum Gasteiger partial charge on any atom is 0.151 e. The lowest BCUT2D eigenvalue weighted by molar-refractivity contribution is 0.416. The molecule has 9 heteroatoms. The van der Waals surface area contributed by atoms with Crippen molar-refractivity contribution >= 4 is 27.6 Å². The van der Waals surface area contributed by atoms with Gasteiger partial charge in [-0.25, -0.2) is 23.0 Å². The van der Waals surface area contributed by atoms with Crippen LogP contribution < -0.4 is 9.46 Å². The number of nitrogens with one attached hydrogen (secondary N) is 1. The molecule has 0 aliphatic rings. The lowest BCUT2D eigenvalue weighted by Crippen LogP contribution is -2.06. The molecular weight excluding hydrogens is 482 g/mol. The van der Waals surface area contributed by atoms with Crippen LogP contribution >= 0.6 is 0 Å². The third-order valence-electron chi connectivity index (χ3n) is 5.60. The number of nitrogens with zero attached hydrogens (tertiary/aromatic N) is 3. The minimum absolute atomic E-state index is 0.404. The summed E-state index contributed by atoms with van der Waals surface area (Å²) < 4.78 is 48.9. The monoisotopic (exact) mass is 502 g/mol. The lowest BCUT2D eigenvalue weighted by Gasteiger charge is -2.13. The van der Waals surface area contributed by atoms with E-state index in [1.54, 1.807) is 30.5 Å². The van der Waals surface area contributed by atoms with E-state index in [1.807, 2.05) is 31.2 Å². The van der Waals surface area contributed by atoms with Gasteiger partial charge in [-0.1, -0.05) is 12.1 Å². The van der Waals surface area contributed by atoms with Gasteiger partial charge in [0.2, 0.25) is 0 Å². The van der Waals surface area contributed by atoms with Crippen LogP contribution in [-0.2, 0) is 11.0 Å². The Morgan fingerprint density at radius 3 is 2.42 bits per heavy atom. The van der Waals surface area contributed by atoms with Crippen molar-refractivity contribution in [2.75, 3.05) is 11.8 Å². The Bertz CT molecular complexity index is 1610. The number of hydrogen-bond donors (Lipinski definition) is 1. The molecule has 0 bridgehead atoms. The largest absolute Gasteiger partial charge is 0.496 e. The summed E-state index contributed by atoms with van der Waals surface area (Å²) >= 11 is 0. The molecule has 2 aromatic heterocycles. The Labute approximate surface area is 208 Å². The molecule has 0 radical (unpaired) electrons. The number of ether oxygens (including phenoxy) is 1. The zero-order valence-corrected chi connectivity index (χ0v) is 20.1. The molecule has 6 nitrogen and oxygen atoms in total. The van der Waals surface area contributed by atoms with Crippen molar-refractivity contribution in [1.82, 2.24) is 15.0 Å². The number of halogens is 2. The topological polar surface area (TPSA) is 77.0 Å². The zero-order valence-electron chi connectivity index (χ0n) is 19.3. The molecule has 0 amide bonds. The third kappa shape index (κ3) is 4.78. The number of hydrogen-bond acceptors (Lipinski definition) is 5. The van der Waals surface area contributed by atoms with E-state index in [4.69, 9.17) is 4.74 Å². The maximum absolute atomic E-state index is 13.7. The van der Waals surface area contributed by atoms with Gasteiger partial charge in [-0.2, -0.15) is 0 Å². The second-order valence-electron chi connectivity index (χ2n) is 8.03. The van der Waals surface area contributed by atoms with Gasteiger partial charge >= 0.3 is 0 Å². The highest BCUT2D eigenvalue weighted by Gasteiger charge is 2.15. The average Bonchev–Trinajstić information content (AvgIpc) is 2.87. The lowest BCUT2D eigenvalue weighted by atomic mass is 9.99. The first kappa shape index (κ1) is 23.5. The quantitative estimate of drug-likeness (QED) is 0.304. The van der Waals surface area contributed by atoms with Gasteiger partial charge in [-0.3, -0.25) is 9.71 Å². The van der Waals surface area contributed by atoms with Crippen molar-refractivity contribution < 1.29 is 17.7 Å². The van der Waals surface area contributed by atoms with Crippen LogP contribution in [0.4, 0.5) is 14.6 Å². The number of fused-ring (bicyclic) bond motifs is 1. The number of pyridine rings is 1. The van der Waals surface area contributed by atoms with Crippen molar-refractivity contribution in [3.05, 3.63) is 96.6 Å². The summed E-state index contributed by atoms with van der Waals surface area (Å²) in [6.07, 6.45) is 3.08. The Morgan fingerprint density at radius 1 is 0.861 bits per heavy atom. The predicted molar refractivity (Wildman–Crippen MR) is 136 cm³/mol. The van der Waals surface area contributed by atoms with Crippen LogP contribution in [0.25, 0.3) is 33.2 Å². The number of aromatic nitrogens is 3. The summed E-state index contributed by atoms with van der Waals surface area (Å²) in [6.45, 7) is 1.83. The summed E-state index contributed by atoms with van der Waals surface area (Å²) in [5, 5.41) is 1.67. The minimum atomic E-state index is -1.53. The average molecular weight is 503 g/mol. The molecule has 1 atom stereocenters. The number of aryl methyl sites for hydroxylation is 1. The van der Waals surface area contributed by atoms with Gasteiger partial charge in [0.15, 0.2) is 11.0 Å². The molecule has 0 aliphatic heterocycles. The molecule has 5 rings (SSSR count). The summed E-state index contributed by atoms with van der Waals surface area (Å²) in [6, 6.07) is 17.7. The van der Waals surface area contributed by atoms with E-state index in [2.05, 4.69) is 19.7 Å². The van der Waals surface area contributed by atoms with Crippen LogP contribution in [0, 0.1) is 18.6 Å². The molecule has 0 saturated heterocycles. The Balaban J connectivity index is 1.51. The summed E-state index contributed by atoms with van der Waals surface area (Å²) in [7, 11) is -0.00125. The number of anilines is 1. The van der Waals surface area contributed by atoms with Crippen LogP contribution in [0.3, 0.4) is 0 Å². The van der Waals surface area contributed by atoms with Crippen LogP contribution in [-0.4, -0.2) is 26.3 Å². The van der Waals surface area contributed by atoms with E-state index in [0.29, 0.717) is 38.8 Å². The molecule has 5 aromatic rings. The fourth-order valence-corrected chi connectivity index (χ4v) is 4.78. The molecular formula is C27H20F2N4O2S. The first-order chi connectivity index (χ1) is 17.4. The third-order valence-corrected chi connectivity index (χ3v) is 6.68. The van der Waals surface area contributed by atoms with Gasteiger partial charge in [-0.05, 0) is 65.9 Å². The Hall–Kier alpha value is -4.24. The SMILES string of the molecule is COc1cc(-c2cc(F)cc(F)c2)ccc1-c1nccc2cc(S(=O)Nc3cc(C)ncn3)ccc12. The highest BCUT2D eigenvalue weighted by Crippen LogP contribution is 2.37. The summed E-state index contributed by atoms with van der Waals surface area (Å²) in [5.41, 5.74) is 3.16. The summed E-state index contributed by atoms with van der Waals surface area (Å²) in [5.74, 6) is -0.326. The van der Waals surface area contributed by atoms with Gasteiger partial charge in [0.1, 0.15) is 29.5 Å². The van der Waals surface area contributed by atoms with E-state index in [1.165, 1.54) is 25.6 Å². The highest BCUT2D eigenvalue weighted by molar-refractivity contribution is 7.86. The molecule has 1 unspecified atom stereocenters. The predicted octanol–water partition coefficient (Wildman–Crippen LogP) is 6.09. The minimum Gasteiger partial charge on any atom is -0.496 e. The maximum atomic E-state index is 13.7. The van der Waals surface area contributed by atoms with Gasteiger partial charge in [0.05, 0.1) is 17.7 Å². The molecule has 36 heavy (non-hydrogen) atoms. The first-order valence-electron chi connectivity index (χ1n) is 10.9. The fraction of sp³-hybridized carbons (Fsp3) is 0.0741. The Kier molecular flexibility index (Phi) is 6.39. The van der Waals surface area contributed by atoms with Crippen LogP contribution in [0.5, 0.6) is 5.75 Å². The number of rotatable bonds is 6. The molecule has 1 N–H and O–H groups in total. The highest BCUT2D eigenvalue weighted by atomic mass is 32.2. The first-order valence-corrected chi connectivity index (χ1v) is 12.1. The van der Waals surface area contributed by atoms with Crippen molar-refractivity contribution in [3.63, 3.8) is 0 Å². The van der Waals surface area contributed by atoms with Crippen LogP contribution in [0.15, 0.2) is 84.1 Å². The van der Waals surface area contributed by atoms with E-state index in [-0.39, 0.29) is 0 Å². The van der Waals surface area contributed by atoms with Crippen molar-refractivity contribution in [1.29, 1.82) is 0 Å². The van der Waals surface area contributed by atoms with Crippen molar-refractivity contribution in [2.24, 2.45) is 0 Å². The van der Waals surface area contributed by atoms with Gasteiger partial charge in [-0.15, -0.1) is 0 Å². The standard InChI is InChI=1S/C27H20F2N4O2S/c1-16-9-26(32-15-31-16)33-36(34)22-4-6-23-18(12-22)7-8-30-27(23)24-5-3-17(13-25(24)35-2)19-10-20(28)14-21(29)11-19/h3-15H,1-2H3,(H,31,32,33). The molecule has 0 saturated carbocycles. The van der Waals surface area contributed by atoms with E-state index in [0.717, 1.165) is 22.5 Å². The van der Waals surface area contributed by atoms with Gasteiger partial charge in [0.25, 0.3) is 0 Å². The molecule has 180 valence electrons. The molecule has 0 spiro atoms. The number of benzene rings is 3. The smallest absolute Gasteiger partial charge is 0.151 e. The van der Waals surface area contributed by atoms with Crippen LogP contribution in [0.2, 0.25) is 0 Å². The van der Waals surface area contributed by atoms with Gasteiger partial charge < -0.3 is 4.74 Å². The molecule has 0 fully saturated rings. The van der Waals surface area contributed by atoms with E-state index < -0.39 is 22.6 Å².